The van der Waals surface area contributed by atoms with E-state index in [9.17, 15) is 9.59 Å². The first kappa shape index (κ1) is 15.3. The highest BCUT2D eigenvalue weighted by Gasteiger charge is 2.25. The van der Waals surface area contributed by atoms with Gasteiger partial charge in [-0.05, 0) is 25.7 Å². The summed E-state index contributed by atoms with van der Waals surface area (Å²) in [6.07, 6.45) is 3.64. The third-order valence-electron chi connectivity index (χ3n) is 3.87. The Labute approximate surface area is 123 Å². The maximum absolute atomic E-state index is 12.2. The zero-order valence-corrected chi connectivity index (χ0v) is 12.5. The quantitative estimate of drug-likeness (QED) is 0.825. The van der Waals surface area contributed by atoms with Gasteiger partial charge in [0.25, 0.3) is 0 Å². The Balaban J connectivity index is 1.82. The molecular formula is C13H22N6O2. The molecule has 0 unspecified atom stereocenters. The summed E-state index contributed by atoms with van der Waals surface area (Å²) < 4.78 is 1.78. The number of carbonyl (C=O) groups is 2. The minimum absolute atomic E-state index is 0.108. The van der Waals surface area contributed by atoms with Crippen LogP contribution in [-0.2, 0) is 11.8 Å². The number of hydrogen-bond donors (Lipinski definition) is 2. The summed E-state index contributed by atoms with van der Waals surface area (Å²) in [7, 11) is 1.84. The van der Waals surface area contributed by atoms with Gasteiger partial charge in [0.15, 0.2) is 5.82 Å². The number of carbonyl (C=O) groups excluding carboxylic acids is 2. The number of nitrogens with two attached hydrogens (primary N) is 1. The van der Waals surface area contributed by atoms with Crippen molar-refractivity contribution in [1.29, 1.82) is 0 Å². The molecule has 8 heteroatoms. The van der Waals surface area contributed by atoms with E-state index in [0.29, 0.717) is 31.3 Å². The van der Waals surface area contributed by atoms with Crippen LogP contribution in [0.5, 0.6) is 0 Å². The smallest absolute Gasteiger partial charge is 0.317 e. The van der Waals surface area contributed by atoms with Crippen molar-refractivity contribution in [3.05, 3.63) is 12.2 Å². The molecule has 8 nitrogen and oxygen atoms in total. The number of amides is 3. The third-order valence-corrected chi connectivity index (χ3v) is 3.87. The van der Waals surface area contributed by atoms with E-state index in [2.05, 4.69) is 15.5 Å². The van der Waals surface area contributed by atoms with Crippen LogP contribution in [0.2, 0.25) is 0 Å². The monoisotopic (exact) mass is 294 g/mol. The van der Waals surface area contributed by atoms with E-state index in [1.807, 2.05) is 14.0 Å². The third kappa shape index (κ3) is 3.93. The van der Waals surface area contributed by atoms with Gasteiger partial charge < -0.3 is 20.5 Å². The highest BCUT2D eigenvalue weighted by atomic mass is 16.2. The van der Waals surface area contributed by atoms with Gasteiger partial charge in [-0.1, -0.05) is 0 Å². The van der Waals surface area contributed by atoms with Crippen LogP contribution in [0, 0.1) is 5.92 Å². The molecule has 1 aliphatic rings. The number of piperidine rings is 1. The molecule has 0 saturated carbocycles. The highest BCUT2D eigenvalue weighted by Crippen LogP contribution is 2.20. The second-order valence-electron chi connectivity index (χ2n) is 5.57. The molecule has 1 aliphatic heterocycles. The van der Waals surface area contributed by atoms with E-state index >= 15 is 0 Å². The maximum Gasteiger partial charge on any atom is 0.317 e. The maximum atomic E-state index is 12.2. The predicted molar refractivity (Wildman–Crippen MR) is 76.1 cm³/mol. The van der Waals surface area contributed by atoms with Gasteiger partial charge in [0.2, 0.25) is 5.91 Å². The van der Waals surface area contributed by atoms with E-state index in [0.717, 1.165) is 12.8 Å². The Kier molecular flexibility index (Phi) is 4.77. The highest BCUT2D eigenvalue weighted by molar-refractivity contribution is 5.75. The average Bonchev–Trinajstić information content (AvgIpc) is 2.85. The van der Waals surface area contributed by atoms with Crippen molar-refractivity contribution in [2.24, 2.45) is 18.7 Å². The molecule has 116 valence electrons. The minimum Gasteiger partial charge on any atom is -0.370 e. The van der Waals surface area contributed by atoms with Gasteiger partial charge in [-0.3, -0.25) is 4.79 Å². The number of aromatic nitrogens is 3. The molecule has 0 spiro atoms. The van der Waals surface area contributed by atoms with Crippen molar-refractivity contribution in [2.45, 2.75) is 32.2 Å². The fourth-order valence-electron chi connectivity index (χ4n) is 2.65. The molecule has 2 rings (SSSR count). The average molecular weight is 294 g/mol. The summed E-state index contributed by atoms with van der Waals surface area (Å²) in [5.41, 5.74) is 5.20. The largest absolute Gasteiger partial charge is 0.370 e. The van der Waals surface area contributed by atoms with Crippen LogP contribution in [0.25, 0.3) is 0 Å². The molecule has 21 heavy (non-hydrogen) atoms. The van der Waals surface area contributed by atoms with Crippen LogP contribution < -0.4 is 11.1 Å². The Morgan fingerprint density at radius 1 is 1.48 bits per heavy atom. The molecule has 0 aromatic carbocycles. The standard InChI is InChI=1S/C13H22N6O2/c1-9(12-17-15-8-18(12)2)16-13(21)19-5-3-10(4-6-19)7-11(14)20/h8-10H,3-7H2,1-2H3,(H2,14,20)(H,16,21)/t9-/m0/s1. The summed E-state index contributed by atoms with van der Waals surface area (Å²) in [5.74, 6) is 0.739. The lowest BCUT2D eigenvalue weighted by Crippen LogP contribution is -2.45. The molecule has 1 atom stereocenters. The van der Waals surface area contributed by atoms with Crippen molar-refractivity contribution in [3.8, 4) is 0 Å². The van der Waals surface area contributed by atoms with Gasteiger partial charge in [-0.15, -0.1) is 10.2 Å². The zero-order valence-electron chi connectivity index (χ0n) is 12.5. The van der Waals surface area contributed by atoms with Gasteiger partial charge in [-0.25, -0.2) is 4.79 Å². The lowest BCUT2D eigenvalue weighted by atomic mass is 9.93. The van der Waals surface area contributed by atoms with Crippen molar-refractivity contribution < 1.29 is 9.59 Å². The summed E-state index contributed by atoms with van der Waals surface area (Å²) in [6.45, 7) is 3.17. The molecule has 3 N–H and O–H groups in total. The van der Waals surface area contributed by atoms with E-state index < -0.39 is 0 Å². The van der Waals surface area contributed by atoms with Gasteiger partial charge in [0.1, 0.15) is 6.33 Å². The van der Waals surface area contributed by atoms with Crippen LogP contribution in [-0.4, -0.2) is 44.7 Å². The molecule has 2 heterocycles. The lowest BCUT2D eigenvalue weighted by molar-refractivity contribution is -0.119. The predicted octanol–water partition coefficient (Wildman–Crippen LogP) is 0.173. The minimum atomic E-state index is -0.270. The van der Waals surface area contributed by atoms with Crippen LogP contribution in [0.15, 0.2) is 6.33 Å². The first-order chi connectivity index (χ1) is 9.97. The summed E-state index contributed by atoms with van der Waals surface area (Å²) in [4.78, 5) is 24.9. The Hall–Kier alpha value is -2.12. The summed E-state index contributed by atoms with van der Waals surface area (Å²) in [6, 6.07) is -0.309. The Morgan fingerprint density at radius 3 is 2.67 bits per heavy atom. The number of rotatable bonds is 4. The summed E-state index contributed by atoms with van der Waals surface area (Å²) >= 11 is 0. The number of hydrogen-bond acceptors (Lipinski definition) is 4. The molecule has 0 aliphatic carbocycles. The first-order valence-electron chi connectivity index (χ1n) is 7.15. The summed E-state index contributed by atoms with van der Waals surface area (Å²) in [5, 5.41) is 10.7. The number of nitrogens with one attached hydrogen (secondary N) is 1. The first-order valence-corrected chi connectivity index (χ1v) is 7.15. The van der Waals surface area contributed by atoms with Crippen molar-refractivity contribution in [2.75, 3.05) is 13.1 Å². The second-order valence-corrected chi connectivity index (χ2v) is 5.57. The van der Waals surface area contributed by atoms with Crippen LogP contribution in [0.4, 0.5) is 4.79 Å². The molecule has 1 aromatic heterocycles. The SMILES string of the molecule is C[C@H](NC(=O)N1CCC(CC(N)=O)CC1)c1nncn1C. The number of aryl methyl sites for hydroxylation is 1. The number of urea groups is 1. The fraction of sp³-hybridized carbons (Fsp3) is 0.692. The van der Waals surface area contributed by atoms with E-state index in [-0.39, 0.29) is 18.0 Å². The number of nitrogens with zero attached hydrogens (tertiary/aromatic N) is 4. The van der Waals surface area contributed by atoms with Gasteiger partial charge in [-0.2, -0.15) is 0 Å². The van der Waals surface area contributed by atoms with Crippen LogP contribution >= 0.6 is 0 Å². The number of likely N-dealkylation sites (tertiary alicyclic amines) is 1. The second kappa shape index (κ2) is 6.55. The van der Waals surface area contributed by atoms with Crippen LogP contribution in [0.1, 0.15) is 38.1 Å². The lowest BCUT2D eigenvalue weighted by Gasteiger charge is -2.32. The molecule has 3 amide bonds. The van der Waals surface area contributed by atoms with Crippen molar-refractivity contribution in [3.63, 3.8) is 0 Å². The fourth-order valence-corrected chi connectivity index (χ4v) is 2.65. The van der Waals surface area contributed by atoms with Crippen molar-refractivity contribution >= 4 is 11.9 Å². The van der Waals surface area contributed by atoms with Gasteiger partial charge in [0.05, 0.1) is 6.04 Å². The van der Waals surface area contributed by atoms with E-state index in [1.165, 1.54) is 0 Å². The normalized spacial score (nSPS) is 17.5. The van der Waals surface area contributed by atoms with Crippen LogP contribution in [0.3, 0.4) is 0 Å². The molecule has 1 fully saturated rings. The molecule has 0 bridgehead atoms. The molecule has 1 aromatic rings. The van der Waals surface area contributed by atoms with Crippen molar-refractivity contribution in [1.82, 2.24) is 25.0 Å². The van der Waals surface area contributed by atoms with Gasteiger partial charge >= 0.3 is 6.03 Å². The topological polar surface area (TPSA) is 106 Å². The molecule has 1 saturated heterocycles. The number of primary amides is 1. The Morgan fingerprint density at radius 2 is 2.14 bits per heavy atom. The molecular weight excluding hydrogens is 272 g/mol. The molecule has 0 radical (unpaired) electrons. The van der Waals surface area contributed by atoms with Gasteiger partial charge in [0, 0.05) is 26.6 Å². The van der Waals surface area contributed by atoms with E-state index in [1.54, 1.807) is 15.8 Å². The Bertz CT molecular complexity index is 507. The van der Waals surface area contributed by atoms with E-state index in [4.69, 9.17) is 5.73 Å². The zero-order chi connectivity index (χ0) is 15.4.